The predicted molar refractivity (Wildman–Crippen MR) is 68.5 cm³/mol. The Bertz CT molecular complexity index is 490. The maximum Gasteiger partial charge on any atom is 0.218 e. The summed E-state index contributed by atoms with van der Waals surface area (Å²) in [4.78, 5) is 8.08. The van der Waals surface area contributed by atoms with Gasteiger partial charge in [0.05, 0.1) is 18.1 Å². The number of sulfone groups is 1. The molecule has 0 aliphatic carbocycles. The smallest absolute Gasteiger partial charge is 0.218 e. The molecule has 0 radical (unpaired) electrons. The normalized spacial score (nSPS) is 19.4. The van der Waals surface area contributed by atoms with Crippen molar-refractivity contribution in [1.82, 2.24) is 9.97 Å². The van der Waals surface area contributed by atoms with E-state index in [9.17, 15) is 8.42 Å². The van der Waals surface area contributed by atoms with Gasteiger partial charge < -0.3 is 10.1 Å². The van der Waals surface area contributed by atoms with E-state index in [4.69, 9.17) is 4.74 Å². The standard InChI is InChI=1S/C11H17N3O3S/c1-2-17-11-7-10(12-8-13-11)14-9-3-5-18(15,16)6-4-9/h7-9H,2-6H2,1H3,(H,12,13,14). The van der Waals surface area contributed by atoms with Crippen LogP contribution in [0, 0.1) is 0 Å². The van der Waals surface area contributed by atoms with Gasteiger partial charge in [-0.15, -0.1) is 0 Å². The van der Waals surface area contributed by atoms with E-state index in [1.807, 2.05) is 6.92 Å². The predicted octanol–water partition coefficient (Wildman–Crippen LogP) is 0.864. The quantitative estimate of drug-likeness (QED) is 0.875. The van der Waals surface area contributed by atoms with Gasteiger partial charge in [-0.25, -0.2) is 18.4 Å². The van der Waals surface area contributed by atoms with E-state index in [1.165, 1.54) is 6.33 Å². The van der Waals surface area contributed by atoms with Gasteiger partial charge in [-0.2, -0.15) is 0 Å². The number of anilines is 1. The highest BCUT2D eigenvalue weighted by molar-refractivity contribution is 7.91. The molecule has 2 heterocycles. The Labute approximate surface area is 107 Å². The molecule has 0 bridgehead atoms. The summed E-state index contributed by atoms with van der Waals surface area (Å²) in [6.07, 6.45) is 2.68. The molecule has 1 fully saturated rings. The molecule has 1 aromatic rings. The first-order valence-electron chi connectivity index (χ1n) is 6.01. The van der Waals surface area contributed by atoms with Crippen LogP contribution in [0.4, 0.5) is 5.82 Å². The first kappa shape index (κ1) is 13.1. The van der Waals surface area contributed by atoms with E-state index in [1.54, 1.807) is 6.07 Å². The second kappa shape index (κ2) is 5.51. The van der Waals surface area contributed by atoms with Crippen molar-refractivity contribution in [3.63, 3.8) is 0 Å². The SMILES string of the molecule is CCOc1cc(NC2CCS(=O)(=O)CC2)ncn1. The van der Waals surface area contributed by atoms with Crippen molar-refractivity contribution in [1.29, 1.82) is 0 Å². The molecule has 1 saturated heterocycles. The van der Waals surface area contributed by atoms with Crippen molar-refractivity contribution in [2.75, 3.05) is 23.4 Å². The minimum absolute atomic E-state index is 0.151. The van der Waals surface area contributed by atoms with Crippen molar-refractivity contribution in [2.24, 2.45) is 0 Å². The largest absolute Gasteiger partial charge is 0.478 e. The first-order valence-corrected chi connectivity index (χ1v) is 7.83. The lowest BCUT2D eigenvalue weighted by Crippen LogP contribution is -2.32. The zero-order valence-electron chi connectivity index (χ0n) is 10.3. The monoisotopic (exact) mass is 271 g/mol. The van der Waals surface area contributed by atoms with Crippen molar-refractivity contribution < 1.29 is 13.2 Å². The molecule has 0 saturated carbocycles. The Balaban J connectivity index is 1.95. The number of nitrogens with zero attached hydrogens (tertiary/aromatic N) is 2. The number of hydrogen-bond acceptors (Lipinski definition) is 6. The van der Waals surface area contributed by atoms with Crippen LogP contribution in [0.15, 0.2) is 12.4 Å². The maximum absolute atomic E-state index is 11.3. The number of hydrogen-bond donors (Lipinski definition) is 1. The van der Waals surface area contributed by atoms with E-state index >= 15 is 0 Å². The molecule has 18 heavy (non-hydrogen) atoms. The molecule has 0 spiro atoms. The zero-order valence-corrected chi connectivity index (χ0v) is 11.1. The van der Waals surface area contributed by atoms with Crippen LogP contribution >= 0.6 is 0 Å². The van der Waals surface area contributed by atoms with Crippen LogP contribution in [-0.4, -0.2) is 42.5 Å². The molecule has 1 aliphatic heterocycles. The zero-order chi connectivity index (χ0) is 13.0. The van der Waals surface area contributed by atoms with Gasteiger partial charge >= 0.3 is 0 Å². The molecule has 0 amide bonds. The summed E-state index contributed by atoms with van der Waals surface area (Å²) in [7, 11) is -2.82. The average Bonchev–Trinajstić information content (AvgIpc) is 2.33. The lowest BCUT2D eigenvalue weighted by Gasteiger charge is -2.23. The van der Waals surface area contributed by atoms with Gasteiger partial charge in [-0.1, -0.05) is 0 Å². The molecule has 6 nitrogen and oxygen atoms in total. The molecule has 1 aliphatic rings. The minimum atomic E-state index is -2.82. The van der Waals surface area contributed by atoms with Crippen LogP contribution in [0.25, 0.3) is 0 Å². The van der Waals surface area contributed by atoms with Gasteiger partial charge in [-0.05, 0) is 19.8 Å². The highest BCUT2D eigenvalue weighted by Gasteiger charge is 2.23. The van der Waals surface area contributed by atoms with Crippen LogP contribution in [0.1, 0.15) is 19.8 Å². The first-order chi connectivity index (χ1) is 8.59. The number of aromatic nitrogens is 2. The molecule has 1 N–H and O–H groups in total. The molecule has 0 aromatic carbocycles. The third-order valence-corrected chi connectivity index (χ3v) is 4.56. The summed E-state index contributed by atoms with van der Waals surface area (Å²) in [5.74, 6) is 1.69. The van der Waals surface area contributed by atoms with E-state index in [-0.39, 0.29) is 17.5 Å². The van der Waals surface area contributed by atoms with Crippen LogP contribution in [0.3, 0.4) is 0 Å². The summed E-state index contributed by atoms with van der Waals surface area (Å²) >= 11 is 0. The molecular weight excluding hydrogens is 254 g/mol. The van der Waals surface area contributed by atoms with Crippen molar-refractivity contribution in [2.45, 2.75) is 25.8 Å². The van der Waals surface area contributed by atoms with Gasteiger partial charge in [0.2, 0.25) is 5.88 Å². The maximum atomic E-state index is 11.3. The highest BCUT2D eigenvalue weighted by atomic mass is 32.2. The van der Waals surface area contributed by atoms with Crippen LogP contribution < -0.4 is 10.1 Å². The third kappa shape index (κ3) is 3.56. The lowest BCUT2D eigenvalue weighted by atomic mass is 10.1. The lowest BCUT2D eigenvalue weighted by molar-refractivity contribution is 0.326. The molecular formula is C11H17N3O3S. The number of rotatable bonds is 4. The molecule has 1 aromatic heterocycles. The fourth-order valence-electron chi connectivity index (χ4n) is 1.89. The van der Waals surface area contributed by atoms with Gasteiger partial charge in [0.15, 0.2) is 0 Å². The fraction of sp³-hybridized carbons (Fsp3) is 0.636. The molecule has 7 heteroatoms. The van der Waals surface area contributed by atoms with Gasteiger partial charge in [-0.3, -0.25) is 0 Å². The summed E-state index contributed by atoms with van der Waals surface area (Å²) in [5, 5.41) is 3.22. The molecule has 100 valence electrons. The molecule has 2 rings (SSSR count). The molecule has 0 atom stereocenters. The fourth-order valence-corrected chi connectivity index (χ4v) is 3.38. The van der Waals surface area contributed by atoms with Gasteiger partial charge in [0, 0.05) is 12.1 Å². The summed E-state index contributed by atoms with van der Waals surface area (Å²) in [6, 6.07) is 1.88. The second-order valence-corrected chi connectivity index (χ2v) is 6.55. The summed E-state index contributed by atoms with van der Waals surface area (Å²) < 4.78 is 27.9. The van der Waals surface area contributed by atoms with E-state index in [0.717, 1.165) is 0 Å². The van der Waals surface area contributed by atoms with Crippen molar-refractivity contribution >= 4 is 15.7 Å². The number of nitrogens with one attached hydrogen (secondary N) is 1. The molecule has 0 unspecified atom stereocenters. The Morgan fingerprint density at radius 2 is 2.11 bits per heavy atom. The Morgan fingerprint density at radius 1 is 1.39 bits per heavy atom. The van der Waals surface area contributed by atoms with Crippen LogP contribution in [0.2, 0.25) is 0 Å². The summed E-state index contributed by atoms with van der Waals surface area (Å²) in [5.41, 5.74) is 0. The second-order valence-electron chi connectivity index (χ2n) is 4.24. The Hall–Kier alpha value is -1.37. The van der Waals surface area contributed by atoms with Crippen molar-refractivity contribution in [3.8, 4) is 5.88 Å². The highest BCUT2D eigenvalue weighted by Crippen LogP contribution is 2.18. The average molecular weight is 271 g/mol. The summed E-state index contributed by atoms with van der Waals surface area (Å²) in [6.45, 7) is 2.44. The number of ether oxygens (including phenoxy) is 1. The topological polar surface area (TPSA) is 81.2 Å². The van der Waals surface area contributed by atoms with Crippen LogP contribution in [-0.2, 0) is 9.84 Å². The Morgan fingerprint density at radius 3 is 2.78 bits per heavy atom. The minimum Gasteiger partial charge on any atom is -0.478 e. The van der Waals surface area contributed by atoms with E-state index < -0.39 is 9.84 Å². The van der Waals surface area contributed by atoms with Crippen molar-refractivity contribution in [3.05, 3.63) is 12.4 Å². The third-order valence-electron chi connectivity index (χ3n) is 2.84. The Kier molecular flexibility index (Phi) is 4.00. The van der Waals surface area contributed by atoms with Gasteiger partial charge in [0.1, 0.15) is 22.0 Å². The van der Waals surface area contributed by atoms with Crippen LogP contribution in [0.5, 0.6) is 5.88 Å². The van der Waals surface area contributed by atoms with E-state index in [2.05, 4.69) is 15.3 Å². The van der Waals surface area contributed by atoms with E-state index in [0.29, 0.717) is 31.1 Å². The van der Waals surface area contributed by atoms with Gasteiger partial charge in [0.25, 0.3) is 0 Å².